The zero-order valence-corrected chi connectivity index (χ0v) is 15.7. The second-order valence-electron chi connectivity index (χ2n) is 6.56. The third kappa shape index (κ3) is 5.23. The molecular weight excluding hydrogens is 350 g/mol. The molecule has 0 aromatic heterocycles. The number of hydrogen-bond donors (Lipinski definition) is 0. The normalized spacial score (nSPS) is 16.5. The van der Waals surface area contributed by atoms with Gasteiger partial charge in [-0.2, -0.15) is 0 Å². The molecule has 1 saturated heterocycles. The number of halogens is 1. The van der Waals surface area contributed by atoms with Crippen LogP contribution in [-0.4, -0.2) is 37.2 Å². The van der Waals surface area contributed by atoms with Crippen molar-refractivity contribution in [1.29, 1.82) is 0 Å². The summed E-state index contributed by atoms with van der Waals surface area (Å²) in [5.41, 5.74) is 2.04. The van der Waals surface area contributed by atoms with E-state index in [1.165, 1.54) is 0 Å². The molecule has 0 saturated carbocycles. The highest BCUT2D eigenvalue weighted by atomic mass is 35.5. The molecule has 0 N–H and O–H groups in total. The van der Waals surface area contributed by atoms with Gasteiger partial charge in [0.2, 0.25) is 5.91 Å². The number of carbonyl (C=O) groups is 1. The fourth-order valence-electron chi connectivity index (χ4n) is 3.13. The molecular formula is C21H24ClNO3. The standard InChI is InChI=1S/C21H24ClNO3/c1-25-19-10-6-16(7-11-19)13-21(24)23(15-20-3-2-12-26-20)14-17-4-8-18(22)9-5-17/h4-11,20H,2-3,12-15H2,1H3. The minimum absolute atomic E-state index is 0.0978. The van der Waals surface area contributed by atoms with Crippen LogP contribution in [0.15, 0.2) is 48.5 Å². The predicted molar refractivity (Wildman–Crippen MR) is 103 cm³/mol. The van der Waals surface area contributed by atoms with E-state index in [0.29, 0.717) is 24.5 Å². The van der Waals surface area contributed by atoms with Crippen LogP contribution in [-0.2, 0) is 22.5 Å². The molecule has 1 heterocycles. The summed E-state index contributed by atoms with van der Waals surface area (Å²) in [4.78, 5) is 14.8. The van der Waals surface area contributed by atoms with Crippen molar-refractivity contribution in [3.63, 3.8) is 0 Å². The minimum atomic E-state index is 0.0978. The third-order valence-electron chi connectivity index (χ3n) is 4.60. The average Bonchev–Trinajstić information content (AvgIpc) is 3.17. The van der Waals surface area contributed by atoms with Gasteiger partial charge in [-0.05, 0) is 48.2 Å². The number of amides is 1. The molecule has 0 bridgehead atoms. The van der Waals surface area contributed by atoms with Crippen LogP contribution in [0.2, 0.25) is 5.02 Å². The molecule has 3 rings (SSSR count). The van der Waals surface area contributed by atoms with Gasteiger partial charge in [0.25, 0.3) is 0 Å². The van der Waals surface area contributed by atoms with E-state index in [4.69, 9.17) is 21.1 Å². The second kappa shape index (κ2) is 9.06. The lowest BCUT2D eigenvalue weighted by molar-refractivity contribution is -0.132. The van der Waals surface area contributed by atoms with E-state index in [9.17, 15) is 4.79 Å². The number of nitrogens with zero attached hydrogens (tertiary/aromatic N) is 1. The highest BCUT2D eigenvalue weighted by Crippen LogP contribution is 2.18. The van der Waals surface area contributed by atoms with Crippen LogP contribution in [0, 0.1) is 0 Å². The van der Waals surface area contributed by atoms with Gasteiger partial charge in [0.1, 0.15) is 5.75 Å². The smallest absolute Gasteiger partial charge is 0.227 e. The molecule has 138 valence electrons. The Morgan fingerprint density at radius 1 is 1.15 bits per heavy atom. The lowest BCUT2D eigenvalue weighted by Gasteiger charge is -2.26. The zero-order chi connectivity index (χ0) is 18.4. The number of benzene rings is 2. The van der Waals surface area contributed by atoms with Crippen molar-refractivity contribution in [2.75, 3.05) is 20.3 Å². The van der Waals surface area contributed by atoms with Crippen LogP contribution in [0.5, 0.6) is 5.75 Å². The molecule has 1 aliphatic rings. The van der Waals surface area contributed by atoms with Crippen molar-refractivity contribution in [2.45, 2.75) is 31.9 Å². The topological polar surface area (TPSA) is 38.8 Å². The van der Waals surface area contributed by atoms with E-state index in [0.717, 1.165) is 36.3 Å². The number of ether oxygens (including phenoxy) is 2. The lowest BCUT2D eigenvalue weighted by atomic mass is 10.1. The Morgan fingerprint density at radius 2 is 1.85 bits per heavy atom. The summed E-state index contributed by atoms with van der Waals surface area (Å²) < 4.78 is 10.9. The molecule has 2 aromatic carbocycles. The van der Waals surface area contributed by atoms with Gasteiger partial charge < -0.3 is 14.4 Å². The highest BCUT2D eigenvalue weighted by Gasteiger charge is 2.23. The number of carbonyl (C=O) groups excluding carboxylic acids is 1. The van der Waals surface area contributed by atoms with Gasteiger partial charge in [-0.3, -0.25) is 4.79 Å². The fraction of sp³-hybridized carbons (Fsp3) is 0.381. The monoisotopic (exact) mass is 373 g/mol. The molecule has 4 nitrogen and oxygen atoms in total. The van der Waals surface area contributed by atoms with Gasteiger partial charge in [-0.25, -0.2) is 0 Å². The number of rotatable bonds is 7. The SMILES string of the molecule is COc1ccc(CC(=O)N(Cc2ccc(Cl)cc2)CC2CCCO2)cc1. The van der Waals surface area contributed by atoms with Crippen LogP contribution < -0.4 is 4.74 Å². The summed E-state index contributed by atoms with van der Waals surface area (Å²) in [6.45, 7) is 1.97. The Balaban J connectivity index is 1.69. The second-order valence-corrected chi connectivity index (χ2v) is 7.00. The maximum Gasteiger partial charge on any atom is 0.227 e. The van der Waals surface area contributed by atoms with Gasteiger partial charge in [0.05, 0.1) is 19.6 Å². The molecule has 1 atom stereocenters. The first kappa shape index (κ1) is 18.7. The molecule has 0 spiro atoms. The van der Waals surface area contributed by atoms with Crippen molar-refractivity contribution in [1.82, 2.24) is 4.90 Å². The largest absolute Gasteiger partial charge is 0.497 e. The summed E-state index contributed by atoms with van der Waals surface area (Å²) in [7, 11) is 1.63. The van der Waals surface area contributed by atoms with Crippen molar-refractivity contribution < 1.29 is 14.3 Å². The molecule has 1 fully saturated rings. The molecule has 0 aliphatic carbocycles. The Hall–Kier alpha value is -2.04. The molecule has 1 unspecified atom stereocenters. The van der Waals surface area contributed by atoms with Crippen LogP contribution in [0.4, 0.5) is 0 Å². The van der Waals surface area contributed by atoms with E-state index >= 15 is 0 Å². The average molecular weight is 374 g/mol. The maximum atomic E-state index is 12.9. The van der Waals surface area contributed by atoms with Gasteiger partial charge >= 0.3 is 0 Å². The number of hydrogen-bond acceptors (Lipinski definition) is 3. The van der Waals surface area contributed by atoms with E-state index in [2.05, 4.69) is 0 Å². The molecule has 26 heavy (non-hydrogen) atoms. The van der Waals surface area contributed by atoms with Crippen molar-refractivity contribution in [3.05, 3.63) is 64.7 Å². The summed E-state index contributed by atoms with van der Waals surface area (Å²) in [6.07, 6.45) is 2.56. The minimum Gasteiger partial charge on any atom is -0.497 e. The lowest BCUT2D eigenvalue weighted by Crippen LogP contribution is -2.37. The summed E-state index contributed by atoms with van der Waals surface area (Å²) in [5, 5.41) is 0.698. The predicted octanol–water partition coefficient (Wildman–Crippen LogP) is 4.10. The van der Waals surface area contributed by atoms with Crippen molar-refractivity contribution in [2.24, 2.45) is 0 Å². The van der Waals surface area contributed by atoms with E-state index in [1.54, 1.807) is 7.11 Å². The Labute approximate surface area is 159 Å². The fourth-order valence-corrected chi connectivity index (χ4v) is 3.25. The summed E-state index contributed by atoms with van der Waals surface area (Å²) in [6, 6.07) is 15.3. The van der Waals surface area contributed by atoms with E-state index in [1.807, 2.05) is 53.4 Å². The Morgan fingerprint density at radius 3 is 2.46 bits per heavy atom. The maximum absolute atomic E-state index is 12.9. The van der Waals surface area contributed by atoms with Gasteiger partial charge in [0.15, 0.2) is 0 Å². The quantitative estimate of drug-likeness (QED) is 0.733. The first-order valence-electron chi connectivity index (χ1n) is 8.91. The number of methoxy groups -OCH3 is 1. The summed E-state index contributed by atoms with van der Waals surface area (Å²) in [5.74, 6) is 0.888. The van der Waals surface area contributed by atoms with Gasteiger partial charge in [-0.15, -0.1) is 0 Å². The van der Waals surface area contributed by atoms with Crippen LogP contribution >= 0.6 is 11.6 Å². The van der Waals surface area contributed by atoms with Gasteiger partial charge in [-0.1, -0.05) is 35.9 Å². The van der Waals surface area contributed by atoms with Crippen LogP contribution in [0.1, 0.15) is 24.0 Å². The highest BCUT2D eigenvalue weighted by molar-refractivity contribution is 6.30. The van der Waals surface area contributed by atoms with E-state index < -0.39 is 0 Å². The Bertz CT molecular complexity index is 709. The zero-order valence-electron chi connectivity index (χ0n) is 15.0. The van der Waals surface area contributed by atoms with Crippen molar-refractivity contribution >= 4 is 17.5 Å². The van der Waals surface area contributed by atoms with Crippen molar-refractivity contribution in [3.8, 4) is 5.75 Å². The molecule has 5 heteroatoms. The Kier molecular flexibility index (Phi) is 6.53. The van der Waals surface area contributed by atoms with Crippen LogP contribution in [0.3, 0.4) is 0 Å². The molecule has 1 amide bonds. The van der Waals surface area contributed by atoms with Crippen LogP contribution in [0.25, 0.3) is 0 Å². The van der Waals surface area contributed by atoms with Gasteiger partial charge in [0, 0.05) is 24.7 Å². The van der Waals surface area contributed by atoms with E-state index in [-0.39, 0.29) is 12.0 Å². The third-order valence-corrected chi connectivity index (χ3v) is 4.85. The molecule has 2 aromatic rings. The first-order valence-corrected chi connectivity index (χ1v) is 9.28. The first-order chi connectivity index (χ1) is 12.6. The molecule has 0 radical (unpaired) electrons. The summed E-state index contributed by atoms with van der Waals surface area (Å²) >= 11 is 5.97. The molecule has 1 aliphatic heterocycles.